The van der Waals surface area contributed by atoms with Crippen LogP contribution in [0.5, 0.6) is 0 Å². The van der Waals surface area contributed by atoms with Crippen LogP contribution in [0, 0.1) is 23.7 Å². The Kier molecular flexibility index (Phi) is 9.29. The van der Waals surface area contributed by atoms with Crippen molar-refractivity contribution in [2.75, 3.05) is 0 Å². The van der Waals surface area contributed by atoms with Crippen LogP contribution in [0.15, 0.2) is 97.1 Å². The molecule has 0 aliphatic heterocycles. The topological polar surface area (TPSA) is 80.3 Å². The van der Waals surface area contributed by atoms with Crippen LogP contribution in [-0.2, 0) is 0 Å². The Morgan fingerprint density at radius 1 is 0.447 bits per heavy atom. The first-order valence-electron chi connectivity index (χ1n) is 11.1. The summed E-state index contributed by atoms with van der Waals surface area (Å²) >= 11 is 0. The van der Waals surface area contributed by atoms with Crippen molar-refractivity contribution in [1.29, 1.82) is 0 Å². The molecule has 0 aliphatic rings. The van der Waals surface area contributed by atoms with E-state index in [0.717, 1.165) is 32.7 Å². The fraction of sp³-hybridized carbons (Fsp3) is 0. The van der Waals surface area contributed by atoms with E-state index in [0.29, 0.717) is 11.1 Å². The zero-order chi connectivity index (χ0) is 25.1. The molecule has 4 nitrogen and oxygen atoms in total. The predicted octanol–water partition coefficient (Wildman–Crippen LogP) is -2.47. The van der Waals surface area contributed by atoms with E-state index in [1.807, 2.05) is 48.5 Å². The molecule has 0 fully saturated rings. The summed E-state index contributed by atoms with van der Waals surface area (Å²) in [5, 5.41) is 26.5. The zero-order valence-corrected chi connectivity index (χ0v) is 20.9. The largest absolute Gasteiger partial charge is 1.00 e. The van der Waals surface area contributed by atoms with Crippen LogP contribution in [0.25, 0.3) is 21.5 Å². The van der Waals surface area contributed by atoms with Gasteiger partial charge in [0.05, 0.1) is 11.9 Å². The van der Waals surface area contributed by atoms with Gasteiger partial charge in [0.25, 0.3) is 0 Å². The van der Waals surface area contributed by atoms with Gasteiger partial charge in [0, 0.05) is 33.4 Å². The maximum atomic E-state index is 11.5. The van der Waals surface area contributed by atoms with Crippen molar-refractivity contribution in [3.8, 4) is 23.7 Å². The van der Waals surface area contributed by atoms with E-state index in [1.165, 1.54) is 12.1 Å². The van der Waals surface area contributed by atoms with Crippen molar-refractivity contribution in [2.24, 2.45) is 0 Å². The minimum atomic E-state index is -1.28. The van der Waals surface area contributed by atoms with E-state index >= 15 is 0 Å². The first-order chi connectivity index (χ1) is 17.5. The molecule has 0 atom stereocenters. The molecule has 0 bridgehead atoms. The molecule has 5 aromatic carbocycles. The number of carboxylic acid groups (broad SMARTS) is 2. The van der Waals surface area contributed by atoms with Gasteiger partial charge in [-0.1, -0.05) is 109 Å². The summed E-state index contributed by atoms with van der Waals surface area (Å²) in [4.78, 5) is 23.0. The normalized spacial score (nSPS) is 9.68. The quantitative estimate of drug-likeness (QED) is 0.160. The first-order valence-corrected chi connectivity index (χ1v) is 11.1. The molecule has 0 aliphatic carbocycles. The molecule has 0 N–H and O–H groups in total. The molecule has 0 aromatic heterocycles. The van der Waals surface area contributed by atoms with Crippen molar-refractivity contribution in [2.45, 2.75) is 0 Å². The van der Waals surface area contributed by atoms with Gasteiger partial charge in [0.1, 0.15) is 0 Å². The van der Waals surface area contributed by atoms with Gasteiger partial charge in [0.2, 0.25) is 0 Å². The number of benzene rings is 5. The molecule has 0 radical (unpaired) electrons. The molecule has 38 heavy (non-hydrogen) atoms. The molecule has 5 rings (SSSR count). The molecule has 0 saturated carbocycles. The minimum absolute atomic E-state index is 0. The Morgan fingerprint density at radius 3 is 1.05 bits per heavy atom. The molecule has 0 unspecified atom stereocenters. The van der Waals surface area contributed by atoms with Crippen molar-refractivity contribution in [3.05, 3.63) is 130 Å². The van der Waals surface area contributed by atoms with Gasteiger partial charge in [-0.15, -0.1) is 0 Å². The number of carbonyl (C=O) groups is 2. The van der Waals surface area contributed by atoms with Crippen molar-refractivity contribution >= 4 is 33.5 Å². The Labute approximate surface area is 244 Å². The second kappa shape index (κ2) is 12.4. The molecule has 170 valence electrons. The van der Waals surface area contributed by atoms with Crippen molar-refractivity contribution in [3.63, 3.8) is 0 Å². The van der Waals surface area contributed by atoms with Gasteiger partial charge < -0.3 is 19.8 Å². The summed E-state index contributed by atoms with van der Waals surface area (Å²) < 4.78 is 0. The van der Waals surface area contributed by atoms with Crippen LogP contribution < -0.4 is 47.9 Å². The summed E-state index contributed by atoms with van der Waals surface area (Å²) in [5.41, 5.74) is 2.30. The van der Waals surface area contributed by atoms with E-state index in [4.69, 9.17) is 0 Å². The van der Waals surface area contributed by atoms with Crippen LogP contribution in [0.4, 0.5) is 0 Å². The number of carboxylic acids is 2. The predicted molar refractivity (Wildman–Crippen MR) is 135 cm³/mol. The summed E-state index contributed by atoms with van der Waals surface area (Å²) in [6.45, 7) is 0. The molecule has 0 amide bonds. The monoisotopic (exact) mass is 478 g/mol. The molecule has 0 saturated heterocycles. The molecule has 6 heteroatoms. The smallest absolute Gasteiger partial charge is 0.545 e. The van der Waals surface area contributed by atoms with E-state index in [-0.39, 0.29) is 48.8 Å². The number of hydrogen-bond donors (Lipinski definition) is 0. The third kappa shape index (κ3) is 5.57. The number of rotatable bonds is 2. The molecule has 0 spiro atoms. The SMILES string of the molecule is O=C([O-])c1ccccc1C#Cc1c2ccccc2c(C#Cc2ccccc2C(=O)[O-])c2ccccc12.[Li+].[Li+]. The molecule has 0 heterocycles. The maximum absolute atomic E-state index is 11.5. The van der Waals surface area contributed by atoms with E-state index in [9.17, 15) is 19.8 Å². The Bertz CT molecular complexity index is 1630. The average molecular weight is 478 g/mol. The summed E-state index contributed by atoms with van der Waals surface area (Å²) in [6, 6.07) is 28.3. The van der Waals surface area contributed by atoms with E-state index in [2.05, 4.69) is 23.7 Å². The summed E-state index contributed by atoms with van der Waals surface area (Å²) in [6.07, 6.45) is 0. The van der Waals surface area contributed by atoms with Gasteiger partial charge >= 0.3 is 37.7 Å². The van der Waals surface area contributed by atoms with Gasteiger partial charge in [-0.05, 0) is 33.7 Å². The molecular weight excluding hydrogens is 462 g/mol. The molecule has 5 aromatic rings. The Hall–Kier alpha value is -4.13. The summed E-state index contributed by atoms with van der Waals surface area (Å²) in [7, 11) is 0. The number of aromatic carboxylic acids is 2. The number of fused-ring (bicyclic) bond motifs is 2. The number of hydrogen-bond acceptors (Lipinski definition) is 4. The van der Waals surface area contributed by atoms with Crippen LogP contribution in [0.3, 0.4) is 0 Å². The third-order valence-electron chi connectivity index (χ3n) is 5.87. The second-order valence-electron chi connectivity index (χ2n) is 8.01. The van der Waals surface area contributed by atoms with Crippen LogP contribution in [0.2, 0.25) is 0 Å². The fourth-order valence-corrected chi connectivity index (χ4v) is 4.20. The summed E-state index contributed by atoms with van der Waals surface area (Å²) in [5.74, 6) is 9.85. The van der Waals surface area contributed by atoms with Gasteiger partial charge in [-0.2, -0.15) is 0 Å². The average Bonchev–Trinajstić information content (AvgIpc) is 2.90. The fourth-order valence-electron chi connectivity index (χ4n) is 4.20. The van der Waals surface area contributed by atoms with Crippen LogP contribution >= 0.6 is 0 Å². The molecular formula is C32H16Li2O4. The van der Waals surface area contributed by atoms with Gasteiger partial charge in [-0.3, -0.25) is 0 Å². The second-order valence-corrected chi connectivity index (χ2v) is 8.01. The van der Waals surface area contributed by atoms with Crippen LogP contribution in [-0.4, -0.2) is 11.9 Å². The third-order valence-corrected chi connectivity index (χ3v) is 5.87. The van der Waals surface area contributed by atoms with Crippen molar-refractivity contribution in [1.82, 2.24) is 0 Å². The Balaban J connectivity index is 0.00000200. The van der Waals surface area contributed by atoms with Crippen molar-refractivity contribution < 1.29 is 57.5 Å². The van der Waals surface area contributed by atoms with Gasteiger partial charge in [-0.25, -0.2) is 0 Å². The van der Waals surface area contributed by atoms with Gasteiger partial charge in [0.15, 0.2) is 0 Å². The minimum Gasteiger partial charge on any atom is -0.545 e. The number of carbonyl (C=O) groups excluding carboxylic acids is 2. The zero-order valence-electron chi connectivity index (χ0n) is 20.9. The van der Waals surface area contributed by atoms with E-state index in [1.54, 1.807) is 36.4 Å². The Morgan fingerprint density at radius 2 is 0.737 bits per heavy atom. The van der Waals surface area contributed by atoms with E-state index < -0.39 is 11.9 Å². The van der Waals surface area contributed by atoms with Crippen LogP contribution in [0.1, 0.15) is 43.0 Å². The maximum Gasteiger partial charge on any atom is 1.00 e. The first kappa shape index (κ1) is 28.4. The standard InChI is InChI=1S/C32H18O4.2Li/c33-31(34)23-11-3-1-9-21(23)17-19-29-25-13-5-7-15-27(25)30(28-16-8-6-14-26(28)29)20-18-22-10-2-4-12-24(22)32(35)36;;/h1-16H,(H,33,34)(H,35,36);;/q;2*+1/p-2.